The topological polar surface area (TPSA) is 12.5 Å². The molecule has 1 saturated heterocycles. The van der Waals surface area contributed by atoms with Gasteiger partial charge in [0.25, 0.3) is 0 Å². The first-order valence-corrected chi connectivity index (χ1v) is 10.2. The standard InChI is InChI=1S/C13H27NOS2.C2H6/c1-4-13(2,3)5-11-16-17-12-8-14-6-9-15-10-7-14;1-2/h4-12H2,1-3H3;1-2H3. The molecule has 0 amide bonds. The van der Waals surface area contributed by atoms with E-state index in [-0.39, 0.29) is 0 Å². The van der Waals surface area contributed by atoms with Gasteiger partial charge in [-0.05, 0) is 11.8 Å². The maximum absolute atomic E-state index is 5.34. The van der Waals surface area contributed by atoms with Crippen LogP contribution in [0.5, 0.6) is 0 Å². The quantitative estimate of drug-likeness (QED) is 0.481. The van der Waals surface area contributed by atoms with Crippen LogP contribution in [0.2, 0.25) is 0 Å². The van der Waals surface area contributed by atoms with Gasteiger partial charge in [0.1, 0.15) is 0 Å². The summed E-state index contributed by atoms with van der Waals surface area (Å²) in [6.45, 7) is 16.3. The van der Waals surface area contributed by atoms with Crippen molar-refractivity contribution in [2.45, 2.75) is 47.5 Å². The molecule has 116 valence electrons. The zero-order chi connectivity index (χ0) is 14.6. The molecule has 0 aromatic heterocycles. The fourth-order valence-electron chi connectivity index (χ4n) is 1.60. The molecule has 0 saturated carbocycles. The number of morpholine rings is 1. The van der Waals surface area contributed by atoms with Gasteiger partial charge in [-0.3, -0.25) is 4.90 Å². The Morgan fingerprint density at radius 2 is 1.63 bits per heavy atom. The smallest absolute Gasteiger partial charge is 0.0594 e. The van der Waals surface area contributed by atoms with E-state index in [1.165, 1.54) is 30.9 Å². The first-order valence-electron chi connectivity index (χ1n) is 7.68. The molecule has 0 N–H and O–H groups in total. The maximum atomic E-state index is 5.34. The van der Waals surface area contributed by atoms with E-state index in [0.29, 0.717) is 5.41 Å². The van der Waals surface area contributed by atoms with Crippen molar-refractivity contribution in [1.82, 2.24) is 4.90 Å². The summed E-state index contributed by atoms with van der Waals surface area (Å²) >= 11 is 0. The third-order valence-electron chi connectivity index (χ3n) is 3.50. The summed E-state index contributed by atoms with van der Waals surface area (Å²) in [6.07, 6.45) is 2.62. The number of hydrogen-bond acceptors (Lipinski definition) is 4. The molecule has 0 aromatic rings. The third kappa shape index (κ3) is 11.0. The lowest BCUT2D eigenvalue weighted by atomic mass is 9.87. The van der Waals surface area contributed by atoms with Crippen molar-refractivity contribution < 1.29 is 4.74 Å². The van der Waals surface area contributed by atoms with Crippen LogP contribution in [0, 0.1) is 5.41 Å². The van der Waals surface area contributed by atoms with Gasteiger partial charge in [0.05, 0.1) is 13.2 Å². The lowest BCUT2D eigenvalue weighted by Gasteiger charge is -2.26. The summed E-state index contributed by atoms with van der Waals surface area (Å²) in [6, 6.07) is 0. The number of hydrogen-bond donors (Lipinski definition) is 0. The Balaban J connectivity index is 0.00000154. The molecule has 0 bridgehead atoms. The maximum Gasteiger partial charge on any atom is 0.0594 e. The minimum absolute atomic E-state index is 0.526. The summed E-state index contributed by atoms with van der Waals surface area (Å²) < 4.78 is 5.34. The van der Waals surface area contributed by atoms with Crippen molar-refractivity contribution in [3.63, 3.8) is 0 Å². The predicted octanol–water partition coefficient (Wildman–Crippen LogP) is 4.55. The number of ether oxygens (including phenoxy) is 1. The minimum Gasteiger partial charge on any atom is -0.379 e. The molecule has 19 heavy (non-hydrogen) atoms. The first kappa shape index (κ1) is 19.6. The molecule has 4 heteroatoms. The van der Waals surface area contributed by atoms with Crippen LogP contribution >= 0.6 is 21.6 Å². The van der Waals surface area contributed by atoms with Gasteiger partial charge in [0.2, 0.25) is 0 Å². The normalized spacial score (nSPS) is 16.9. The van der Waals surface area contributed by atoms with Crippen LogP contribution in [-0.4, -0.2) is 49.3 Å². The van der Waals surface area contributed by atoms with Crippen molar-refractivity contribution in [2.75, 3.05) is 44.4 Å². The minimum atomic E-state index is 0.526. The van der Waals surface area contributed by atoms with Crippen LogP contribution in [0.15, 0.2) is 0 Å². The highest BCUT2D eigenvalue weighted by Crippen LogP contribution is 2.30. The second-order valence-corrected chi connectivity index (χ2v) is 8.07. The number of nitrogens with zero attached hydrogens (tertiary/aromatic N) is 1. The predicted molar refractivity (Wildman–Crippen MR) is 92.2 cm³/mol. The molecule has 0 spiro atoms. The third-order valence-corrected chi connectivity index (χ3v) is 5.88. The van der Waals surface area contributed by atoms with E-state index < -0.39 is 0 Å². The van der Waals surface area contributed by atoms with Crippen molar-refractivity contribution in [3.05, 3.63) is 0 Å². The van der Waals surface area contributed by atoms with Crippen molar-refractivity contribution >= 4 is 21.6 Å². The molecule has 1 rings (SSSR count). The molecular formula is C15H33NOS2. The summed E-state index contributed by atoms with van der Waals surface area (Å²) in [5.41, 5.74) is 0.526. The van der Waals surface area contributed by atoms with Gasteiger partial charge < -0.3 is 4.74 Å². The van der Waals surface area contributed by atoms with E-state index in [0.717, 1.165) is 26.3 Å². The molecule has 0 aliphatic carbocycles. The molecule has 1 aliphatic heterocycles. The van der Waals surface area contributed by atoms with Gasteiger partial charge in [-0.1, -0.05) is 62.6 Å². The zero-order valence-electron chi connectivity index (χ0n) is 13.5. The summed E-state index contributed by atoms with van der Waals surface area (Å²) in [5, 5.41) is 0. The Hall–Kier alpha value is 0.620. The van der Waals surface area contributed by atoms with E-state index >= 15 is 0 Å². The van der Waals surface area contributed by atoms with Crippen LogP contribution in [0.25, 0.3) is 0 Å². The van der Waals surface area contributed by atoms with E-state index in [1.54, 1.807) is 0 Å². The zero-order valence-corrected chi connectivity index (χ0v) is 15.2. The Kier molecular flexibility index (Phi) is 12.8. The monoisotopic (exact) mass is 307 g/mol. The lowest BCUT2D eigenvalue weighted by molar-refractivity contribution is 0.0410. The van der Waals surface area contributed by atoms with E-state index in [1.807, 2.05) is 35.4 Å². The van der Waals surface area contributed by atoms with Gasteiger partial charge >= 0.3 is 0 Å². The van der Waals surface area contributed by atoms with E-state index in [2.05, 4.69) is 25.7 Å². The second kappa shape index (κ2) is 12.4. The average Bonchev–Trinajstić information content (AvgIpc) is 2.46. The highest BCUT2D eigenvalue weighted by atomic mass is 33.1. The second-order valence-electron chi connectivity index (χ2n) is 5.37. The van der Waals surface area contributed by atoms with Crippen molar-refractivity contribution in [2.24, 2.45) is 5.41 Å². The summed E-state index contributed by atoms with van der Waals surface area (Å²) in [7, 11) is 4.08. The van der Waals surface area contributed by atoms with Gasteiger partial charge in [0, 0.05) is 31.1 Å². The highest BCUT2D eigenvalue weighted by Gasteiger charge is 2.14. The first-order chi connectivity index (χ1) is 9.14. The van der Waals surface area contributed by atoms with Crippen LogP contribution in [0.4, 0.5) is 0 Å². The Bertz CT molecular complexity index is 195. The van der Waals surface area contributed by atoms with Gasteiger partial charge in [-0.15, -0.1) is 0 Å². The Labute approximate surface area is 128 Å². The summed E-state index contributed by atoms with van der Waals surface area (Å²) in [4.78, 5) is 2.51. The largest absolute Gasteiger partial charge is 0.379 e. The average molecular weight is 308 g/mol. The van der Waals surface area contributed by atoms with Gasteiger partial charge in [-0.25, -0.2) is 0 Å². The van der Waals surface area contributed by atoms with E-state index in [4.69, 9.17) is 4.74 Å². The SMILES string of the molecule is CC.CCC(C)(C)CCSSCCN1CCOCC1. The van der Waals surface area contributed by atoms with Crippen molar-refractivity contribution in [1.29, 1.82) is 0 Å². The molecule has 1 aliphatic rings. The van der Waals surface area contributed by atoms with Gasteiger partial charge in [0.15, 0.2) is 0 Å². The Morgan fingerprint density at radius 3 is 2.21 bits per heavy atom. The molecular weight excluding hydrogens is 274 g/mol. The molecule has 0 atom stereocenters. The number of rotatable bonds is 8. The van der Waals surface area contributed by atoms with Crippen molar-refractivity contribution in [3.8, 4) is 0 Å². The molecule has 0 unspecified atom stereocenters. The highest BCUT2D eigenvalue weighted by molar-refractivity contribution is 8.76. The fraction of sp³-hybridized carbons (Fsp3) is 1.00. The van der Waals surface area contributed by atoms with Crippen LogP contribution in [0.1, 0.15) is 47.5 Å². The molecule has 0 radical (unpaired) electrons. The molecule has 2 nitrogen and oxygen atoms in total. The molecule has 0 aromatic carbocycles. The summed E-state index contributed by atoms with van der Waals surface area (Å²) in [5.74, 6) is 2.53. The molecule has 1 fully saturated rings. The van der Waals surface area contributed by atoms with Crippen LogP contribution < -0.4 is 0 Å². The van der Waals surface area contributed by atoms with Crippen LogP contribution in [-0.2, 0) is 4.74 Å². The fourth-order valence-corrected chi connectivity index (χ4v) is 3.99. The lowest BCUT2D eigenvalue weighted by Crippen LogP contribution is -2.37. The van der Waals surface area contributed by atoms with Crippen LogP contribution in [0.3, 0.4) is 0 Å². The van der Waals surface area contributed by atoms with E-state index in [9.17, 15) is 0 Å². The van der Waals surface area contributed by atoms with Gasteiger partial charge in [-0.2, -0.15) is 0 Å². The molecule has 1 heterocycles. The Morgan fingerprint density at radius 1 is 1.05 bits per heavy atom.